The Hall–Kier alpha value is -0.730. The molecule has 1 aromatic rings. The first-order chi connectivity index (χ1) is 8.50. The minimum absolute atomic E-state index is 0.0119. The summed E-state index contributed by atoms with van der Waals surface area (Å²) in [7, 11) is 0. The molecule has 2 atom stereocenters. The van der Waals surface area contributed by atoms with E-state index >= 15 is 0 Å². The maximum Gasteiger partial charge on any atom is 0.255 e. The van der Waals surface area contributed by atoms with Gasteiger partial charge >= 0.3 is 0 Å². The highest BCUT2D eigenvalue weighted by Crippen LogP contribution is 2.28. The van der Waals surface area contributed by atoms with Crippen LogP contribution in [0.25, 0.3) is 0 Å². The zero-order chi connectivity index (χ0) is 13.3. The normalized spacial score (nSPS) is 24.1. The number of hydrogen-bond acceptors (Lipinski definition) is 1. The summed E-state index contributed by atoms with van der Waals surface area (Å²) in [5.74, 6) is -0.0119. The second-order valence-electron chi connectivity index (χ2n) is 4.97. The van der Waals surface area contributed by atoms with Crippen molar-refractivity contribution >= 4 is 29.1 Å². The molecule has 2 nitrogen and oxygen atoms in total. The molecule has 0 saturated carbocycles. The fourth-order valence-electron chi connectivity index (χ4n) is 2.62. The maximum absolute atomic E-state index is 12.6. The van der Waals surface area contributed by atoms with Gasteiger partial charge in [0.05, 0.1) is 10.6 Å². The van der Waals surface area contributed by atoms with Crippen LogP contribution in [-0.2, 0) is 0 Å². The molecule has 2 rings (SSSR count). The molecule has 0 radical (unpaired) electrons. The van der Waals surface area contributed by atoms with Crippen LogP contribution in [0.15, 0.2) is 18.2 Å². The number of rotatable bonds is 1. The van der Waals surface area contributed by atoms with E-state index in [1.165, 1.54) is 6.42 Å². The summed E-state index contributed by atoms with van der Waals surface area (Å²) in [5.41, 5.74) is 0.504. The highest BCUT2D eigenvalue weighted by Gasteiger charge is 2.30. The van der Waals surface area contributed by atoms with Crippen LogP contribution in [0.5, 0.6) is 0 Å². The number of hydrogen-bond donors (Lipinski definition) is 0. The van der Waals surface area contributed by atoms with Crippen molar-refractivity contribution < 1.29 is 4.79 Å². The minimum Gasteiger partial charge on any atom is -0.333 e. The van der Waals surface area contributed by atoms with Gasteiger partial charge in [0.25, 0.3) is 5.91 Å². The molecule has 0 aliphatic carbocycles. The van der Waals surface area contributed by atoms with Crippen LogP contribution < -0.4 is 0 Å². The van der Waals surface area contributed by atoms with Crippen molar-refractivity contribution in [1.82, 2.24) is 4.90 Å². The first kappa shape index (κ1) is 13.7. The Morgan fingerprint density at radius 2 is 1.83 bits per heavy atom. The lowest BCUT2D eigenvalue weighted by atomic mass is 9.96. The average Bonchev–Trinajstić information content (AvgIpc) is 2.32. The van der Waals surface area contributed by atoms with E-state index < -0.39 is 0 Å². The number of amides is 1. The van der Waals surface area contributed by atoms with Gasteiger partial charge in [-0.1, -0.05) is 23.2 Å². The molecule has 0 spiro atoms. The Morgan fingerprint density at radius 1 is 1.22 bits per heavy atom. The van der Waals surface area contributed by atoms with Crippen LogP contribution in [0, 0.1) is 0 Å². The van der Waals surface area contributed by atoms with Crippen molar-refractivity contribution in [2.24, 2.45) is 0 Å². The monoisotopic (exact) mass is 285 g/mol. The minimum atomic E-state index is -0.0119. The van der Waals surface area contributed by atoms with E-state index in [2.05, 4.69) is 13.8 Å². The van der Waals surface area contributed by atoms with Gasteiger partial charge < -0.3 is 4.90 Å². The smallest absolute Gasteiger partial charge is 0.255 e. The fraction of sp³-hybridized carbons (Fsp3) is 0.500. The molecule has 4 heteroatoms. The lowest BCUT2D eigenvalue weighted by Gasteiger charge is -2.39. The van der Waals surface area contributed by atoms with Crippen LogP contribution >= 0.6 is 23.2 Å². The van der Waals surface area contributed by atoms with Gasteiger partial charge in [-0.05, 0) is 51.3 Å². The van der Waals surface area contributed by atoms with Gasteiger partial charge in [0.15, 0.2) is 0 Å². The summed E-state index contributed by atoms with van der Waals surface area (Å²) >= 11 is 12.0. The van der Waals surface area contributed by atoms with Gasteiger partial charge in [-0.3, -0.25) is 4.79 Å². The molecule has 1 amide bonds. The molecule has 1 saturated heterocycles. The van der Waals surface area contributed by atoms with Gasteiger partial charge in [-0.15, -0.1) is 0 Å². The first-order valence-electron chi connectivity index (χ1n) is 6.28. The zero-order valence-electron chi connectivity index (χ0n) is 10.6. The lowest BCUT2D eigenvalue weighted by molar-refractivity contribution is 0.0511. The number of likely N-dealkylation sites (tertiary alicyclic amines) is 1. The quantitative estimate of drug-likeness (QED) is 0.749. The molecule has 1 fully saturated rings. The van der Waals surface area contributed by atoms with E-state index in [1.54, 1.807) is 18.2 Å². The molecule has 1 aliphatic heterocycles. The average molecular weight is 286 g/mol. The van der Waals surface area contributed by atoms with E-state index in [1.807, 2.05) is 4.90 Å². The fourth-order valence-corrected chi connectivity index (χ4v) is 2.99. The molecule has 0 N–H and O–H groups in total. The summed E-state index contributed by atoms with van der Waals surface area (Å²) in [6, 6.07) is 5.55. The standard InChI is InChI=1S/C14H17Cl2NO/c1-9-4-3-5-10(2)17(9)14(18)12-8-11(15)6-7-13(12)16/h6-10H,3-5H2,1-2H3/t9-,10-/m0/s1. The zero-order valence-corrected chi connectivity index (χ0v) is 12.1. The molecule has 18 heavy (non-hydrogen) atoms. The number of carbonyl (C=O) groups is 1. The van der Waals surface area contributed by atoms with E-state index in [0.29, 0.717) is 15.6 Å². The molecular formula is C14H17Cl2NO. The third-order valence-corrected chi connectivity index (χ3v) is 4.15. The van der Waals surface area contributed by atoms with Crippen molar-refractivity contribution in [3.63, 3.8) is 0 Å². The Morgan fingerprint density at radius 3 is 2.44 bits per heavy atom. The van der Waals surface area contributed by atoms with E-state index in [4.69, 9.17) is 23.2 Å². The van der Waals surface area contributed by atoms with Crippen molar-refractivity contribution in [2.75, 3.05) is 0 Å². The number of halogens is 2. The third-order valence-electron chi connectivity index (χ3n) is 3.59. The van der Waals surface area contributed by atoms with Crippen LogP contribution in [0.1, 0.15) is 43.5 Å². The summed E-state index contributed by atoms with van der Waals surface area (Å²) in [5, 5.41) is 1.01. The van der Waals surface area contributed by atoms with E-state index in [0.717, 1.165) is 12.8 Å². The van der Waals surface area contributed by atoms with Gasteiger partial charge in [0, 0.05) is 17.1 Å². The van der Waals surface area contributed by atoms with Crippen molar-refractivity contribution in [2.45, 2.75) is 45.2 Å². The number of piperidine rings is 1. The summed E-state index contributed by atoms with van der Waals surface area (Å²) in [4.78, 5) is 14.5. The lowest BCUT2D eigenvalue weighted by Crippen LogP contribution is -2.47. The molecular weight excluding hydrogens is 269 g/mol. The molecule has 1 aromatic carbocycles. The highest BCUT2D eigenvalue weighted by atomic mass is 35.5. The molecule has 0 aromatic heterocycles. The van der Waals surface area contributed by atoms with E-state index in [9.17, 15) is 4.79 Å². The number of nitrogens with zero attached hydrogens (tertiary/aromatic N) is 1. The van der Waals surface area contributed by atoms with Crippen molar-refractivity contribution in [3.8, 4) is 0 Å². The third kappa shape index (κ3) is 2.65. The Kier molecular flexibility index (Phi) is 4.18. The summed E-state index contributed by atoms with van der Waals surface area (Å²) in [6.07, 6.45) is 3.28. The van der Waals surface area contributed by atoms with Crippen LogP contribution in [0.4, 0.5) is 0 Å². The van der Waals surface area contributed by atoms with Gasteiger partial charge in [-0.25, -0.2) is 0 Å². The summed E-state index contributed by atoms with van der Waals surface area (Å²) in [6.45, 7) is 4.18. The highest BCUT2D eigenvalue weighted by molar-refractivity contribution is 6.35. The number of carbonyl (C=O) groups excluding carboxylic acids is 1. The van der Waals surface area contributed by atoms with Crippen molar-refractivity contribution in [3.05, 3.63) is 33.8 Å². The molecule has 0 unspecified atom stereocenters. The summed E-state index contributed by atoms with van der Waals surface area (Å²) < 4.78 is 0. The second-order valence-corrected chi connectivity index (χ2v) is 5.81. The molecule has 98 valence electrons. The molecule has 1 aliphatic rings. The Labute approximate surface area is 118 Å². The SMILES string of the molecule is C[C@H]1CCC[C@H](C)N1C(=O)c1cc(Cl)ccc1Cl. The Bertz CT molecular complexity index is 451. The van der Waals surface area contributed by atoms with Gasteiger partial charge in [0.1, 0.15) is 0 Å². The van der Waals surface area contributed by atoms with Gasteiger partial charge in [0.2, 0.25) is 0 Å². The van der Waals surface area contributed by atoms with Crippen LogP contribution in [-0.4, -0.2) is 22.9 Å². The maximum atomic E-state index is 12.6. The van der Waals surface area contributed by atoms with E-state index in [-0.39, 0.29) is 18.0 Å². The number of benzene rings is 1. The van der Waals surface area contributed by atoms with Crippen LogP contribution in [0.3, 0.4) is 0 Å². The molecule has 0 bridgehead atoms. The largest absolute Gasteiger partial charge is 0.333 e. The topological polar surface area (TPSA) is 20.3 Å². The van der Waals surface area contributed by atoms with Crippen molar-refractivity contribution in [1.29, 1.82) is 0 Å². The van der Waals surface area contributed by atoms with Crippen LogP contribution in [0.2, 0.25) is 10.0 Å². The molecule has 1 heterocycles. The predicted octanol–water partition coefficient (Wildman–Crippen LogP) is 4.40. The first-order valence-corrected chi connectivity index (χ1v) is 7.04. The predicted molar refractivity (Wildman–Crippen MR) is 75.4 cm³/mol. The Balaban J connectivity index is 2.32. The second kappa shape index (κ2) is 5.50. The van der Waals surface area contributed by atoms with Gasteiger partial charge in [-0.2, -0.15) is 0 Å².